The van der Waals surface area contributed by atoms with Crippen molar-refractivity contribution in [2.24, 2.45) is 0 Å². The Morgan fingerprint density at radius 2 is 1.83 bits per heavy atom. The van der Waals surface area contributed by atoms with E-state index in [-0.39, 0.29) is 23.9 Å². The highest BCUT2D eigenvalue weighted by atomic mass is 35.5. The summed E-state index contributed by atoms with van der Waals surface area (Å²) in [5.74, 6) is -2.16. The molecule has 1 saturated heterocycles. The first-order valence-corrected chi connectivity index (χ1v) is 13.7. The van der Waals surface area contributed by atoms with Gasteiger partial charge in [0, 0.05) is 50.0 Å². The Kier molecular flexibility index (Phi) is 9.55. The monoisotopic (exact) mass is 639 g/mol. The summed E-state index contributed by atoms with van der Waals surface area (Å²) in [7, 11) is 0. The number of ether oxygens (including phenoxy) is 2. The second kappa shape index (κ2) is 12.6. The standard InChI is InChI=1S/C24H23ClF3N3O3S.C2HF3O2/c25-16-3-4-18-15(10-16)12-23(34-18)5-7-31(8-6-23)13-17(32)14-33-21-11-20(24(26,27)28)29-22(30-21)19-2-1-9-35-19;3-2(4,5)1(6)7/h1-4,9-11,17,32H,5-8,12-14H2;(H,6,7)/t17-;/m0./s1. The van der Waals surface area contributed by atoms with Gasteiger partial charge in [-0.3, -0.25) is 0 Å². The lowest BCUT2D eigenvalue weighted by atomic mass is 9.87. The molecule has 0 unspecified atom stereocenters. The number of nitrogens with zero attached hydrogens (tertiary/aromatic N) is 3. The van der Waals surface area contributed by atoms with E-state index >= 15 is 0 Å². The van der Waals surface area contributed by atoms with Gasteiger partial charge in [0.25, 0.3) is 0 Å². The first-order chi connectivity index (χ1) is 19.6. The number of aromatic nitrogens is 2. The predicted molar refractivity (Wildman–Crippen MR) is 140 cm³/mol. The maximum Gasteiger partial charge on any atom is 0.490 e. The fourth-order valence-corrected chi connectivity index (χ4v) is 5.37. The van der Waals surface area contributed by atoms with E-state index in [1.807, 2.05) is 18.2 Å². The van der Waals surface area contributed by atoms with Gasteiger partial charge in [-0.05, 0) is 35.2 Å². The van der Waals surface area contributed by atoms with Gasteiger partial charge in [0.1, 0.15) is 24.1 Å². The molecular formula is C26H24ClF6N3O5S. The molecule has 1 fully saturated rings. The number of halogens is 7. The first kappa shape index (κ1) is 31.8. The smallest absolute Gasteiger partial charge is 0.487 e. The fourth-order valence-electron chi connectivity index (χ4n) is 4.52. The molecule has 2 N–H and O–H groups in total. The quantitative estimate of drug-likeness (QED) is 0.330. The normalized spacial score (nSPS) is 17.1. The van der Waals surface area contributed by atoms with Crippen molar-refractivity contribution < 1.29 is 50.8 Å². The molecule has 2 aromatic heterocycles. The number of likely N-dealkylation sites (tertiary alicyclic amines) is 1. The van der Waals surface area contributed by atoms with Gasteiger partial charge in [-0.2, -0.15) is 31.3 Å². The molecule has 0 saturated carbocycles. The highest BCUT2D eigenvalue weighted by Crippen LogP contribution is 2.42. The van der Waals surface area contributed by atoms with Crippen LogP contribution in [0.3, 0.4) is 0 Å². The Labute approximate surface area is 244 Å². The Balaban J connectivity index is 0.000000517. The maximum atomic E-state index is 13.3. The van der Waals surface area contributed by atoms with Crippen LogP contribution in [0.2, 0.25) is 5.02 Å². The lowest BCUT2D eigenvalue weighted by Crippen LogP contribution is -2.49. The zero-order chi connectivity index (χ0) is 30.7. The number of aliphatic hydroxyl groups excluding tert-OH is 1. The average Bonchev–Trinajstić information content (AvgIpc) is 3.56. The Bertz CT molecular complexity index is 1380. The molecule has 4 heterocycles. The molecule has 3 aromatic rings. The number of rotatable bonds is 6. The molecule has 228 valence electrons. The molecule has 1 spiro atoms. The summed E-state index contributed by atoms with van der Waals surface area (Å²) < 4.78 is 83.4. The van der Waals surface area contributed by atoms with Gasteiger partial charge in [-0.1, -0.05) is 17.7 Å². The minimum absolute atomic E-state index is 0.0560. The van der Waals surface area contributed by atoms with Crippen LogP contribution in [0.1, 0.15) is 24.1 Å². The molecule has 2 aliphatic heterocycles. The Morgan fingerprint density at radius 1 is 1.14 bits per heavy atom. The molecule has 0 amide bonds. The number of carboxylic acid groups (broad SMARTS) is 1. The lowest BCUT2D eigenvalue weighted by Gasteiger charge is -2.39. The lowest BCUT2D eigenvalue weighted by molar-refractivity contribution is -0.192. The Hall–Kier alpha value is -3.14. The summed E-state index contributed by atoms with van der Waals surface area (Å²) in [5, 5.41) is 20.0. The number of piperidine rings is 1. The summed E-state index contributed by atoms with van der Waals surface area (Å²) in [4.78, 5) is 19.2. The summed E-state index contributed by atoms with van der Waals surface area (Å²) in [6.07, 6.45) is -8.19. The number of carboxylic acids is 1. The van der Waals surface area contributed by atoms with Gasteiger partial charge in [0.15, 0.2) is 11.5 Å². The third kappa shape index (κ3) is 8.24. The molecule has 0 radical (unpaired) electrons. The fraction of sp³-hybridized carbons (Fsp3) is 0.423. The summed E-state index contributed by atoms with van der Waals surface area (Å²) in [6, 6.07) is 9.78. The number of alkyl halides is 6. The number of β-amino-alcohol motifs (C(OH)–C–C–N with tert-alkyl or cyclic N) is 1. The van der Waals surface area contributed by atoms with Crippen LogP contribution in [0, 0.1) is 0 Å². The van der Waals surface area contributed by atoms with Crippen molar-refractivity contribution in [2.75, 3.05) is 26.2 Å². The number of fused-ring (bicyclic) bond motifs is 1. The van der Waals surface area contributed by atoms with Gasteiger partial charge in [0.05, 0.1) is 4.88 Å². The minimum Gasteiger partial charge on any atom is -0.487 e. The number of benzene rings is 1. The van der Waals surface area contributed by atoms with Crippen molar-refractivity contribution in [3.05, 3.63) is 58.1 Å². The average molecular weight is 640 g/mol. The number of aliphatic carboxylic acids is 1. The van der Waals surface area contributed by atoms with Crippen molar-refractivity contribution in [1.82, 2.24) is 14.9 Å². The van der Waals surface area contributed by atoms with Gasteiger partial charge in [-0.25, -0.2) is 9.78 Å². The summed E-state index contributed by atoms with van der Waals surface area (Å²) in [5.41, 5.74) is -0.220. The molecule has 0 bridgehead atoms. The molecule has 1 aromatic carbocycles. The molecular weight excluding hydrogens is 616 g/mol. The molecule has 1 atom stereocenters. The van der Waals surface area contributed by atoms with E-state index in [4.69, 9.17) is 31.0 Å². The predicted octanol–water partition coefficient (Wildman–Crippen LogP) is 5.72. The van der Waals surface area contributed by atoms with Crippen LogP contribution in [-0.2, 0) is 17.4 Å². The van der Waals surface area contributed by atoms with Gasteiger partial charge in [-0.15, -0.1) is 11.3 Å². The number of thiophene rings is 1. The van der Waals surface area contributed by atoms with Crippen molar-refractivity contribution >= 4 is 28.9 Å². The second-order valence-corrected chi connectivity index (χ2v) is 11.1. The highest BCUT2D eigenvalue weighted by molar-refractivity contribution is 7.13. The largest absolute Gasteiger partial charge is 0.490 e. The maximum absolute atomic E-state index is 13.3. The van der Waals surface area contributed by atoms with Crippen LogP contribution in [0.15, 0.2) is 41.8 Å². The van der Waals surface area contributed by atoms with Crippen LogP contribution in [0.25, 0.3) is 10.7 Å². The third-order valence-electron chi connectivity index (χ3n) is 6.50. The molecule has 16 heteroatoms. The van der Waals surface area contributed by atoms with E-state index < -0.39 is 30.1 Å². The van der Waals surface area contributed by atoms with Gasteiger partial charge >= 0.3 is 18.3 Å². The zero-order valence-corrected chi connectivity index (χ0v) is 23.2. The molecule has 0 aliphatic carbocycles. The van der Waals surface area contributed by atoms with Crippen LogP contribution in [0.5, 0.6) is 11.6 Å². The van der Waals surface area contributed by atoms with Crippen LogP contribution < -0.4 is 9.47 Å². The minimum atomic E-state index is -5.08. The molecule has 2 aliphatic rings. The Morgan fingerprint density at radius 3 is 2.43 bits per heavy atom. The number of hydrogen-bond acceptors (Lipinski definition) is 8. The van der Waals surface area contributed by atoms with Crippen molar-refractivity contribution in [3.8, 4) is 22.3 Å². The number of carbonyl (C=O) groups is 1. The van der Waals surface area contributed by atoms with Crippen molar-refractivity contribution in [2.45, 2.75) is 43.3 Å². The SMILES string of the molecule is O=C(O)C(F)(F)F.O[C@H](COc1cc(C(F)(F)F)nc(-c2cccs2)n1)CN1CCC2(CC1)Cc1cc(Cl)ccc1O2. The van der Waals surface area contributed by atoms with E-state index in [1.165, 1.54) is 11.3 Å². The molecule has 8 nitrogen and oxygen atoms in total. The second-order valence-electron chi connectivity index (χ2n) is 9.67. The number of hydrogen-bond donors (Lipinski definition) is 2. The van der Waals surface area contributed by atoms with E-state index in [0.29, 0.717) is 16.4 Å². The van der Waals surface area contributed by atoms with E-state index in [0.717, 1.165) is 49.7 Å². The van der Waals surface area contributed by atoms with E-state index in [1.54, 1.807) is 17.5 Å². The van der Waals surface area contributed by atoms with E-state index in [9.17, 15) is 31.4 Å². The molecule has 5 rings (SSSR count). The van der Waals surface area contributed by atoms with Crippen molar-refractivity contribution in [1.29, 1.82) is 0 Å². The third-order valence-corrected chi connectivity index (χ3v) is 7.60. The highest BCUT2D eigenvalue weighted by Gasteiger charge is 2.42. The zero-order valence-electron chi connectivity index (χ0n) is 21.6. The van der Waals surface area contributed by atoms with Crippen LogP contribution >= 0.6 is 22.9 Å². The van der Waals surface area contributed by atoms with Crippen LogP contribution in [-0.4, -0.2) is 75.2 Å². The first-order valence-electron chi connectivity index (χ1n) is 12.4. The number of aliphatic hydroxyl groups is 1. The summed E-state index contributed by atoms with van der Waals surface area (Å²) in [6.45, 7) is 1.62. The van der Waals surface area contributed by atoms with Crippen LogP contribution in [0.4, 0.5) is 26.3 Å². The van der Waals surface area contributed by atoms with Gasteiger partial charge in [0.2, 0.25) is 5.88 Å². The van der Waals surface area contributed by atoms with Gasteiger partial charge < -0.3 is 24.6 Å². The summed E-state index contributed by atoms with van der Waals surface area (Å²) >= 11 is 7.34. The van der Waals surface area contributed by atoms with E-state index in [2.05, 4.69) is 14.9 Å². The molecule has 42 heavy (non-hydrogen) atoms. The van der Waals surface area contributed by atoms with Crippen molar-refractivity contribution in [3.63, 3.8) is 0 Å². The topological polar surface area (TPSA) is 105 Å².